The Hall–Kier alpha value is -3.20. The van der Waals surface area contributed by atoms with Crippen LogP contribution in [0.4, 0.5) is 4.79 Å². The Kier molecular flexibility index (Phi) is 7.54. The third-order valence-electron chi connectivity index (χ3n) is 6.69. The van der Waals surface area contributed by atoms with Gasteiger partial charge in [-0.2, -0.15) is 0 Å². The number of carbonyl (C=O) groups is 3. The number of hydrogen-bond acceptors (Lipinski definition) is 6. The minimum Gasteiger partial charge on any atom is -0.410 e. The summed E-state index contributed by atoms with van der Waals surface area (Å²) in [6.45, 7) is 8.08. The Morgan fingerprint density at radius 1 is 0.971 bits per heavy atom. The molecule has 35 heavy (non-hydrogen) atoms. The summed E-state index contributed by atoms with van der Waals surface area (Å²) >= 11 is 0. The van der Waals surface area contributed by atoms with Gasteiger partial charge in [0, 0.05) is 71.8 Å². The maximum absolute atomic E-state index is 12.6. The summed E-state index contributed by atoms with van der Waals surface area (Å²) in [4.78, 5) is 47.1. The van der Waals surface area contributed by atoms with Gasteiger partial charge in [-0.05, 0) is 29.5 Å². The Balaban J connectivity index is 1.19. The summed E-state index contributed by atoms with van der Waals surface area (Å²) in [6, 6.07) is 7.28. The topological polar surface area (TPSA) is 88.0 Å². The highest BCUT2D eigenvalue weighted by Crippen LogP contribution is 2.31. The summed E-state index contributed by atoms with van der Waals surface area (Å²) in [7, 11) is 1.97. The Bertz CT molecular complexity index is 1030. The van der Waals surface area contributed by atoms with E-state index in [0.29, 0.717) is 44.6 Å². The number of carbonyl (C=O) groups excluding carboxylic acids is 3. The van der Waals surface area contributed by atoms with Crippen molar-refractivity contribution >= 4 is 17.9 Å². The van der Waals surface area contributed by atoms with E-state index in [4.69, 9.17) is 4.74 Å². The van der Waals surface area contributed by atoms with E-state index in [0.717, 1.165) is 37.3 Å². The van der Waals surface area contributed by atoms with Crippen molar-refractivity contribution in [1.29, 1.82) is 0 Å². The summed E-state index contributed by atoms with van der Waals surface area (Å²) in [5.74, 6) is 0.283. The van der Waals surface area contributed by atoms with Crippen LogP contribution in [0.25, 0.3) is 0 Å². The number of rotatable bonds is 7. The zero-order chi connectivity index (χ0) is 25.0. The third-order valence-corrected chi connectivity index (χ3v) is 6.69. The molecule has 0 spiro atoms. The van der Waals surface area contributed by atoms with Gasteiger partial charge in [0.05, 0.1) is 12.0 Å². The van der Waals surface area contributed by atoms with Crippen molar-refractivity contribution in [1.82, 2.24) is 24.3 Å². The van der Waals surface area contributed by atoms with E-state index < -0.39 is 0 Å². The molecule has 9 heteroatoms. The fraction of sp³-hybridized carbons (Fsp3) is 0.538. The van der Waals surface area contributed by atoms with Gasteiger partial charge in [0.25, 0.3) is 0 Å². The number of imidazole rings is 1. The maximum Gasteiger partial charge on any atom is 0.415 e. The molecule has 0 atom stereocenters. The fourth-order valence-corrected chi connectivity index (χ4v) is 4.61. The first-order chi connectivity index (χ1) is 16.7. The molecule has 3 heterocycles. The first-order valence-corrected chi connectivity index (χ1v) is 12.3. The van der Waals surface area contributed by atoms with Crippen molar-refractivity contribution in [2.75, 3.05) is 39.3 Å². The lowest BCUT2D eigenvalue weighted by Gasteiger charge is -2.34. The molecule has 2 aliphatic rings. The molecule has 1 aromatic carbocycles. The Morgan fingerprint density at radius 2 is 1.63 bits per heavy atom. The SMILES string of the molecule is Cn1cnc(CCN2CCN(C(=O)Oc3ccc(CCN4C(=O)CC(C)(C)CC4=O)cc3)CC2)c1. The van der Waals surface area contributed by atoms with Gasteiger partial charge < -0.3 is 14.2 Å². The molecule has 3 amide bonds. The van der Waals surface area contributed by atoms with Gasteiger partial charge in [-0.3, -0.25) is 19.4 Å². The van der Waals surface area contributed by atoms with Crippen molar-refractivity contribution in [3.63, 3.8) is 0 Å². The van der Waals surface area contributed by atoms with E-state index in [9.17, 15) is 14.4 Å². The number of piperazine rings is 1. The van der Waals surface area contributed by atoms with Crippen molar-refractivity contribution in [2.24, 2.45) is 12.5 Å². The fourth-order valence-electron chi connectivity index (χ4n) is 4.61. The zero-order valence-corrected chi connectivity index (χ0v) is 20.9. The second-order valence-corrected chi connectivity index (χ2v) is 10.3. The van der Waals surface area contributed by atoms with E-state index in [1.807, 2.05) is 50.1 Å². The van der Waals surface area contributed by atoms with E-state index in [1.54, 1.807) is 17.0 Å². The number of benzene rings is 1. The molecule has 4 rings (SSSR count). The summed E-state index contributed by atoms with van der Waals surface area (Å²) in [6.07, 6.45) is 5.77. The number of aromatic nitrogens is 2. The van der Waals surface area contributed by atoms with Crippen molar-refractivity contribution < 1.29 is 19.1 Å². The molecular weight excluding hydrogens is 446 g/mol. The van der Waals surface area contributed by atoms with Gasteiger partial charge in [-0.25, -0.2) is 9.78 Å². The molecule has 1 aromatic heterocycles. The first kappa shape index (κ1) is 24.9. The summed E-state index contributed by atoms with van der Waals surface area (Å²) < 4.78 is 7.52. The van der Waals surface area contributed by atoms with E-state index in [2.05, 4.69) is 9.88 Å². The average molecular weight is 482 g/mol. The van der Waals surface area contributed by atoms with Crippen molar-refractivity contribution in [2.45, 2.75) is 39.5 Å². The maximum atomic E-state index is 12.6. The molecule has 2 aromatic rings. The smallest absolute Gasteiger partial charge is 0.410 e. The van der Waals surface area contributed by atoms with E-state index >= 15 is 0 Å². The third kappa shape index (κ3) is 6.69. The monoisotopic (exact) mass is 481 g/mol. The van der Waals surface area contributed by atoms with E-state index in [1.165, 1.54) is 4.90 Å². The predicted molar refractivity (Wildman–Crippen MR) is 131 cm³/mol. The predicted octanol–water partition coefficient (Wildman–Crippen LogP) is 2.50. The lowest BCUT2D eigenvalue weighted by atomic mass is 9.81. The minimum absolute atomic E-state index is 0.103. The number of imide groups is 1. The van der Waals surface area contributed by atoms with Crippen LogP contribution < -0.4 is 4.74 Å². The second-order valence-electron chi connectivity index (χ2n) is 10.3. The van der Waals surface area contributed by atoms with Crippen LogP contribution in [0.2, 0.25) is 0 Å². The molecule has 9 nitrogen and oxygen atoms in total. The number of aryl methyl sites for hydroxylation is 1. The average Bonchev–Trinajstić information content (AvgIpc) is 3.23. The molecule has 0 unspecified atom stereocenters. The van der Waals surface area contributed by atoms with Crippen LogP contribution in [0.5, 0.6) is 5.75 Å². The zero-order valence-electron chi connectivity index (χ0n) is 20.9. The second kappa shape index (κ2) is 10.6. The number of amides is 3. The number of piperidine rings is 1. The summed E-state index contributed by atoms with van der Waals surface area (Å²) in [5, 5.41) is 0. The molecular formula is C26H35N5O4. The quantitative estimate of drug-likeness (QED) is 0.565. The highest BCUT2D eigenvalue weighted by atomic mass is 16.6. The van der Waals surface area contributed by atoms with Crippen LogP contribution in [0.3, 0.4) is 0 Å². The van der Waals surface area contributed by atoms with Crippen LogP contribution in [0, 0.1) is 5.41 Å². The molecule has 0 aliphatic carbocycles. The lowest BCUT2D eigenvalue weighted by molar-refractivity contribution is -0.152. The minimum atomic E-state index is -0.339. The van der Waals surface area contributed by atoms with Crippen LogP contribution in [0.1, 0.15) is 37.9 Å². The molecule has 0 N–H and O–H groups in total. The standard InChI is InChI=1S/C26H35N5O4/c1-26(2)16-23(32)31(24(33)17-26)11-8-20-4-6-22(7-5-20)35-25(34)30-14-12-29(13-15-30)10-9-21-18-28(3)19-27-21/h4-7,18-19H,8-17H2,1-3H3. The Labute approximate surface area is 206 Å². The lowest BCUT2D eigenvalue weighted by Crippen LogP contribution is -2.49. The molecule has 2 fully saturated rings. The highest BCUT2D eigenvalue weighted by Gasteiger charge is 2.37. The van der Waals surface area contributed by atoms with E-state index in [-0.39, 0.29) is 23.3 Å². The number of likely N-dealkylation sites (tertiary alicyclic amines) is 1. The number of hydrogen-bond donors (Lipinski definition) is 0. The highest BCUT2D eigenvalue weighted by molar-refractivity contribution is 5.98. The van der Waals surface area contributed by atoms with Crippen LogP contribution in [0.15, 0.2) is 36.8 Å². The van der Waals surface area contributed by atoms with Gasteiger partial charge >= 0.3 is 6.09 Å². The molecule has 0 saturated carbocycles. The Morgan fingerprint density at radius 3 is 2.23 bits per heavy atom. The van der Waals surface area contributed by atoms with Crippen LogP contribution >= 0.6 is 0 Å². The number of ether oxygens (including phenoxy) is 1. The molecule has 0 bridgehead atoms. The first-order valence-electron chi connectivity index (χ1n) is 12.3. The molecule has 188 valence electrons. The van der Waals surface area contributed by atoms with Gasteiger partial charge in [-0.15, -0.1) is 0 Å². The van der Waals surface area contributed by atoms with Gasteiger partial charge in [0.1, 0.15) is 5.75 Å². The summed E-state index contributed by atoms with van der Waals surface area (Å²) in [5.41, 5.74) is 1.80. The van der Waals surface area contributed by atoms with Crippen LogP contribution in [-0.4, -0.2) is 81.4 Å². The van der Waals surface area contributed by atoms with Gasteiger partial charge in [0.2, 0.25) is 11.8 Å². The number of nitrogens with zero attached hydrogens (tertiary/aromatic N) is 5. The normalized spacial score (nSPS) is 18.7. The molecule has 2 aliphatic heterocycles. The largest absolute Gasteiger partial charge is 0.415 e. The van der Waals surface area contributed by atoms with Gasteiger partial charge in [-0.1, -0.05) is 26.0 Å². The van der Waals surface area contributed by atoms with Crippen molar-refractivity contribution in [3.05, 3.63) is 48.0 Å². The molecule has 2 saturated heterocycles. The van der Waals surface area contributed by atoms with Crippen molar-refractivity contribution in [3.8, 4) is 5.75 Å². The van der Waals surface area contributed by atoms with Crippen LogP contribution in [-0.2, 0) is 29.5 Å². The van der Waals surface area contributed by atoms with Gasteiger partial charge in [0.15, 0.2) is 0 Å². The molecule has 0 radical (unpaired) electrons.